The Bertz CT molecular complexity index is 449. The van der Waals surface area contributed by atoms with Crippen LogP contribution >= 0.6 is 11.6 Å². The average molecular weight is 298 g/mol. The van der Waals surface area contributed by atoms with E-state index in [-0.39, 0.29) is 11.9 Å². The third-order valence-electron chi connectivity index (χ3n) is 3.21. The van der Waals surface area contributed by atoms with Crippen molar-refractivity contribution in [3.63, 3.8) is 0 Å². The number of pyridine rings is 1. The second-order valence-electron chi connectivity index (χ2n) is 5.21. The molecule has 1 atom stereocenters. The van der Waals surface area contributed by atoms with Gasteiger partial charge in [0.15, 0.2) is 0 Å². The van der Waals surface area contributed by atoms with Gasteiger partial charge < -0.3 is 10.6 Å². The maximum absolute atomic E-state index is 12.2. The molecular weight excluding hydrogens is 274 g/mol. The second kappa shape index (κ2) is 8.10. The van der Waals surface area contributed by atoms with Crippen LogP contribution in [0.1, 0.15) is 50.9 Å². The van der Waals surface area contributed by atoms with Crippen molar-refractivity contribution < 1.29 is 4.79 Å². The van der Waals surface area contributed by atoms with Gasteiger partial charge in [-0.15, -0.1) is 0 Å². The first-order chi connectivity index (χ1) is 9.49. The highest BCUT2D eigenvalue weighted by atomic mass is 35.5. The van der Waals surface area contributed by atoms with Gasteiger partial charge in [-0.05, 0) is 24.8 Å². The van der Waals surface area contributed by atoms with Gasteiger partial charge in [-0.2, -0.15) is 0 Å². The third kappa shape index (κ3) is 4.67. The topological polar surface area (TPSA) is 54.0 Å². The van der Waals surface area contributed by atoms with Crippen LogP contribution in [0.3, 0.4) is 0 Å². The first kappa shape index (κ1) is 16.8. The summed E-state index contributed by atoms with van der Waals surface area (Å²) in [5.74, 6) is 0.904. The van der Waals surface area contributed by atoms with Crippen LogP contribution in [0.4, 0.5) is 5.82 Å². The molecular formula is C15H24ClN3O. The summed E-state index contributed by atoms with van der Waals surface area (Å²) in [7, 11) is 0. The van der Waals surface area contributed by atoms with Crippen LogP contribution in [0.5, 0.6) is 0 Å². The fourth-order valence-corrected chi connectivity index (χ4v) is 2.16. The molecule has 0 spiro atoms. The average Bonchev–Trinajstić information content (AvgIpc) is 2.42. The number of amides is 1. The molecule has 0 aliphatic carbocycles. The quantitative estimate of drug-likeness (QED) is 0.806. The van der Waals surface area contributed by atoms with E-state index in [0.29, 0.717) is 22.3 Å². The second-order valence-corrected chi connectivity index (χ2v) is 5.62. The van der Waals surface area contributed by atoms with Crippen molar-refractivity contribution in [2.75, 3.05) is 11.9 Å². The number of anilines is 1. The van der Waals surface area contributed by atoms with E-state index < -0.39 is 0 Å². The van der Waals surface area contributed by atoms with E-state index in [0.717, 1.165) is 19.4 Å². The van der Waals surface area contributed by atoms with Crippen LogP contribution in [0.25, 0.3) is 0 Å². The number of nitrogens with one attached hydrogen (secondary N) is 2. The number of halogens is 1. The van der Waals surface area contributed by atoms with Crippen molar-refractivity contribution in [1.82, 2.24) is 10.3 Å². The molecule has 0 aliphatic rings. The summed E-state index contributed by atoms with van der Waals surface area (Å²) in [6, 6.07) is 1.83. The molecule has 4 nitrogen and oxygen atoms in total. The van der Waals surface area contributed by atoms with Gasteiger partial charge in [0.2, 0.25) is 0 Å². The summed E-state index contributed by atoms with van der Waals surface area (Å²) < 4.78 is 0. The Labute approximate surface area is 126 Å². The van der Waals surface area contributed by atoms with Gasteiger partial charge in [-0.3, -0.25) is 4.79 Å². The van der Waals surface area contributed by atoms with Gasteiger partial charge in [0, 0.05) is 18.8 Å². The van der Waals surface area contributed by atoms with E-state index in [1.807, 2.05) is 0 Å². The molecule has 0 fully saturated rings. The number of hydrogen-bond donors (Lipinski definition) is 2. The molecule has 0 aromatic carbocycles. The maximum atomic E-state index is 12.2. The van der Waals surface area contributed by atoms with E-state index in [9.17, 15) is 4.79 Å². The van der Waals surface area contributed by atoms with Crippen LogP contribution in [0, 0.1) is 5.92 Å². The smallest absolute Gasteiger partial charge is 0.253 e. The van der Waals surface area contributed by atoms with Gasteiger partial charge in [0.1, 0.15) is 5.82 Å². The zero-order valence-electron chi connectivity index (χ0n) is 12.7. The van der Waals surface area contributed by atoms with Crippen LogP contribution < -0.4 is 10.6 Å². The van der Waals surface area contributed by atoms with E-state index >= 15 is 0 Å². The third-order valence-corrected chi connectivity index (χ3v) is 3.49. The SMILES string of the molecule is CCCNc1ncc(C(=O)NC(CC)C(C)C)cc1Cl. The monoisotopic (exact) mass is 297 g/mol. The molecule has 20 heavy (non-hydrogen) atoms. The summed E-state index contributed by atoms with van der Waals surface area (Å²) in [5.41, 5.74) is 0.496. The largest absolute Gasteiger partial charge is 0.369 e. The minimum atomic E-state index is -0.123. The Balaban J connectivity index is 2.76. The zero-order chi connectivity index (χ0) is 15.1. The molecule has 1 heterocycles. The molecule has 2 N–H and O–H groups in total. The molecule has 1 aromatic heterocycles. The Morgan fingerprint density at radius 2 is 2.10 bits per heavy atom. The Morgan fingerprint density at radius 3 is 2.60 bits per heavy atom. The van der Waals surface area contributed by atoms with Gasteiger partial charge >= 0.3 is 0 Å². The minimum Gasteiger partial charge on any atom is -0.369 e. The fraction of sp³-hybridized carbons (Fsp3) is 0.600. The number of rotatable bonds is 7. The Kier molecular flexibility index (Phi) is 6.79. The summed E-state index contributed by atoms with van der Waals surface area (Å²) in [6.45, 7) is 9.13. The highest BCUT2D eigenvalue weighted by molar-refractivity contribution is 6.33. The van der Waals surface area contributed by atoms with E-state index in [1.54, 1.807) is 12.3 Å². The van der Waals surface area contributed by atoms with Crippen molar-refractivity contribution in [3.8, 4) is 0 Å². The van der Waals surface area contributed by atoms with Crippen molar-refractivity contribution in [2.24, 2.45) is 5.92 Å². The minimum absolute atomic E-state index is 0.123. The van der Waals surface area contributed by atoms with Gasteiger partial charge in [-0.1, -0.05) is 39.3 Å². The predicted molar refractivity (Wildman–Crippen MR) is 84.4 cm³/mol. The number of nitrogens with zero attached hydrogens (tertiary/aromatic N) is 1. The van der Waals surface area contributed by atoms with Crippen molar-refractivity contribution in [2.45, 2.75) is 46.6 Å². The van der Waals surface area contributed by atoms with Crippen LogP contribution in [0.15, 0.2) is 12.3 Å². The molecule has 1 rings (SSSR count). The van der Waals surface area contributed by atoms with Crippen LogP contribution in [-0.4, -0.2) is 23.5 Å². The van der Waals surface area contributed by atoms with Crippen molar-refractivity contribution in [3.05, 3.63) is 22.8 Å². The zero-order valence-corrected chi connectivity index (χ0v) is 13.4. The highest BCUT2D eigenvalue weighted by Crippen LogP contribution is 2.20. The lowest BCUT2D eigenvalue weighted by Gasteiger charge is -2.20. The maximum Gasteiger partial charge on any atom is 0.253 e. The fourth-order valence-electron chi connectivity index (χ4n) is 1.93. The van der Waals surface area contributed by atoms with Gasteiger partial charge in [-0.25, -0.2) is 4.98 Å². The first-order valence-corrected chi connectivity index (χ1v) is 7.57. The molecule has 0 bridgehead atoms. The number of carbonyl (C=O) groups excluding carboxylic acids is 1. The van der Waals surface area contributed by atoms with Gasteiger partial charge in [0.05, 0.1) is 10.6 Å². The lowest BCUT2D eigenvalue weighted by molar-refractivity contribution is 0.0924. The number of hydrogen-bond acceptors (Lipinski definition) is 3. The molecule has 0 radical (unpaired) electrons. The van der Waals surface area contributed by atoms with Crippen molar-refractivity contribution >= 4 is 23.3 Å². The van der Waals surface area contributed by atoms with E-state index in [1.165, 1.54) is 0 Å². The molecule has 1 unspecified atom stereocenters. The molecule has 1 aromatic rings. The molecule has 1 amide bonds. The summed E-state index contributed by atoms with van der Waals surface area (Å²) in [5, 5.41) is 6.61. The normalized spacial score (nSPS) is 12.3. The summed E-state index contributed by atoms with van der Waals surface area (Å²) in [6.07, 6.45) is 3.46. The lowest BCUT2D eigenvalue weighted by atomic mass is 10.0. The summed E-state index contributed by atoms with van der Waals surface area (Å²) in [4.78, 5) is 16.4. The lowest BCUT2D eigenvalue weighted by Crippen LogP contribution is -2.38. The Morgan fingerprint density at radius 1 is 1.40 bits per heavy atom. The Hall–Kier alpha value is -1.29. The van der Waals surface area contributed by atoms with E-state index in [2.05, 4.69) is 43.3 Å². The molecule has 0 aliphatic heterocycles. The molecule has 0 saturated carbocycles. The van der Waals surface area contributed by atoms with Crippen molar-refractivity contribution in [1.29, 1.82) is 0 Å². The van der Waals surface area contributed by atoms with Crippen LogP contribution in [-0.2, 0) is 0 Å². The van der Waals surface area contributed by atoms with Gasteiger partial charge in [0.25, 0.3) is 5.91 Å². The molecule has 0 saturated heterocycles. The highest BCUT2D eigenvalue weighted by Gasteiger charge is 2.16. The number of carbonyl (C=O) groups is 1. The number of aromatic nitrogens is 1. The molecule has 5 heteroatoms. The standard InChI is InChI=1S/C15H24ClN3O/c1-5-7-17-14-12(16)8-11(9-18-14)15(20)19-13(6-2)10(3)4/h8-10,13H,5-7H2,1-4H3,(H,17,18)(H,19,20). The molecule has 112 valence electrons. The predicted octanol–water partition coefficient (Wildman–Crippen LogP) is 3.72. The summed E-state index contributed by atoms with van der Waals surface area (Å²) >= 11 is 6.14. The van der Waals surface area contributed by atoms with E-state index in [4.69, 9.17) is 11.6 Å². The van der Waals surface area contributed by atoms with Crippen LogP contribution in [0.2, 0.25) is 5.02 Å². The first-order valence-electron chi connectivity index (χ1n) is 7.19.